The molecular formula is C24HFe4KN24. The summed E-state index contributed by atoms with van der Waals surface area (Å²) in [4.78, 5) is 24.8. The topological polar surface area (TPSA) is 571 Å². The summed E-state index contributed by atoms with van der Waals surface area (Å²) >= 11 is 0. The summed E-state index contributed by atoms with van der Waals surface area (Å²) in [5, 5.41) is 206. The van der Waals surface area contributed by atoms with Crippen molar-refractivity contribution in [2.24, 2.45) is 0 Å². The van der Waals surface area contributed by atoms with Crippen LogP contribution in [0.1, 0.15) is 0 Å². The fourth-order valence-electron chi connectivity index (χ4n) is 1.06. The Kier molecular flexibility index (Phi) is 14.0. The van der Waals surface area contributed by atoms with Gasteiger partial charge >= 0.3 is 340 Å². The summed E-state index contributed by atoms with van der Waals surface area (Å²) in [7, 11) is -24.7. The molecule has 0 spiro atoms. The molecule has 0 N–H and O–H groups in total. The SMILES string of the molecule is N#[C][Fe]([C]#N)([C]#N)([C]#N)([C]#N)[C]#N.N#[C][Fe]([C]#N)([C]#N)([C]#N)([C]#N)[C]#N.N#[C][Fe]([C]#N)([C]#N)([C]#N)([C]#N)[C]#N.N#[C][Fe]([C]#N)([C]#N)([C]#N)([C]#N)[C]#N.[KH]. The zero-order valence-corrected chi connectivity index (χ0v) is 28.6. The van der Waals surface area contributed by atoms with E-state index in [1.807, 2.05) is 0 Å². The Bertz CT molecular complexity index is 1960. The second-order valence-electron chi connectivity index (χ2n) is 7.20. The van der Waals surface area contributed by atoms with Gasteiger partial charge in [-0.3, -0.25) is 0 Å². The van der Waals surface area contributed by atoms with Crippen molar-refractivity contribution in [2.45, 2.75) is 0 Å². The van der Waals surface area contributed by atoms with E-state index in [1.54, 1.807) is 0 Å². The van der Waals surface area contributed by atoms with Gasteiger partial charge in [-0.15, -0.1) is 0 Å². The average molecular weight is 888 g/mol. The van der Waals surface area contributed by atoms with Crippen molar-refractivity contribution in [1.82, 2.24) is 0 Å². The van der Waals surface area contributed by atoms with Crippen molar-refractivity contribution in [2.75, 3.05) is 0 Å². The normalized spacial score (nSPS) is 13.1. The summed E-state index contributed by atoms with van der Waals surface area (Å²) in [6.07, 6.45) is 0. The van der Waals surface area contributed by atoms with Crippen molar-refractivity contribution in [3.63, 3.8) is 0 Å². The molecule has 0 saturated heterocycles. The molecule has 0 aliphatic rings. The van der Waals surface area contributed by atoms with Crippen LogP contribution >= 0.6 is 0 Å². The van der Waals surface area contributed by atoms with Crippen LogP contribution in [-0.4, -0.2) is 51.4 Å². The van der Waals surface area contributed by atoms with E-state index in [1.165, 1.54) is 0 Å². The molecule has 0 saturated carbocycles. The molecule has 0 rings (SSSR count). The molecule has 53 heavy (non-hydrogen) atoms. The van der Waals surface area contributed by atoms with Crippen LogP contribution in [0, 0.1) is 246 Å². The van der Waals surface area contributed by atoms with E-state index in [9.17, 15) is 0 Å². The molecule has 0 bridgehead atoms. The second kappa shape index (κ2) is 13.8. The zero-order valence-electron chi connectivity index (χ0n) is 24.1. The summed E-state index contributed by atoms with van der Waals surface area (Å²) in [5.41, 5.74) is 0. The number of nitrogens with zero attached hydrogens (tertiary/aromatic N) is 24. The summed E-state index contributed by atoms with van der Waals surface area (Å²) in [5.74, 6) is 0. The molecule has 0 aliphatic carbocycles. The third-order valence-electron chi connectivity index (χ3n) is 4.74. The van der Waals surface area contributed by atoms with Crippen molar-refractivity contribution in [3.05, 3.63) is 0 Å². The van der Waals surface area contributed by atoms with Gasteiger partial charge in [-0.05, 0) is 0 Å². The van der Waals surface area contributed by atoms with Gasteiger partial charge < -0.3 is 0 Å². The number of rotatable bonds is 0. The first-order chi connectivity index (χ1) is 23.9. The van der Waals surface area contributed by atoms with Crippen LogP contribution in [0.25, 0.3) is 0 Å². The average Bonchev–Trinajstić information content (AvgIpc) is 3.27. The first-order valence-electron chi connectivity index (χ1n) is 9.61. The zero-order chi connectivity index (χ0) is 42.6. The van der Waals surface area contributed by atoms with Gasteiger partial charge in [0.2, 0.25) is 0 Å². The molecule has 0 atom stereocenters. The fourth-order valence-corrected chi connectivity index (χ4v) is 4.37. The van der Waals surface area contributed by atoms with E-state index in [-0.39, 0.29) is 51.4 Å². The summed E-state index contributed by atoms with van der Waals surface area (Å²) in [6, 6.07) is 0. The first kappa shape index (κ1) is 53.9. The van der Waals surface area contributed by atoms with Gasteiger partial charge in [-0.25, -0.2) is 0 Å². The molecule has 29 heteroatoms. The number of hydrogen-bond acceptors (Lipinski definition) is 24. The predicted octanol–water partition coefficient (Wildman–Crippen LogP) is -0.256. The summed E-state index contributed by atoms with van der Waals surface area (Å²) < 4.78 is 0. The molecule has 0 radical (unpaired) electrons. The maximum atomic E-state index is 8.58. The van der Waals surface area contributed by atoms with E-state index >= 15 is 0 Å². The van der Waals surface area contributed by atoms with Crippen LogP contribution in [0.3, 0.4) is 0 Å². The Morgan fingerprint density at radius 2 is 0.170 bits per heavy atom. The van der Waals surface area contributed by atoms with E-state index in [0.29, 0.717) is 0 Å². The van der Waals surface area contributed by atoms with Crippen molar-refractivity contribution in [1.29, 1.82) is 126 Å². The van der Waals surface area contributed by atoms with Crippen LogP contribution < -0.4 is 0 Å². The van der Waals surface area contributed by atoms with Crippen LogP contribution in [0.5, 0.6) is 0 Å². The Morgan fingerprint density at radius 1 is 0.132 bits per heavy atom. The van der Waals surface area contributed by atoms with Gasteiger partial charge in [0.25, 0.3) is 0 Å². The van der Waals surface area contributed by atoms with Gasteiger partial charge in [-0.1, -0.05) is 0 Å². The predicted molar refractivity (Wildman–Crippen MR) is 142 cm³/mol. The van der Waals surface area contributed by atoms with E-state index in [4.69, 9.17) is 126 Å². The number of hydrogen-bond donors (Lipinski definition) is 0. The van der Waals surface area contributed by atoms with Crippen LogP contribution in [0.4, 0.5) is 0 Å². The van der Waals surface area contributed by atoms with E-state index in [2.05, 4.69) is 0 Å². The fraction of sp³-hybridized carbons (Fsp3) is 0. The molecule has 0 amide bonds. The van der Waals surface area contributed by atoms with Crippen molar-refractivity contribution >= 4 is 51.4 Å². The van der Waals surface area contributed by atoms with Crippen LogP contribution in [0.2, 0.25) is 0 Å². The van der Waals surface area contributed by atoms with Crippen LogP contribution in [-0.2, 0) is 42.9 Å². The van der Waals surface area contributed by atoms with Crippen molar-refractivity contribution in [3.8, 4) is 119 Å². The standard InChI is InChI=1S/24CN.4Fe.K.H/c24*1-2;;;;;;. The third-order valence-corrected chi connectivity index (χ3v) is 19.6. The monoisotopic (exact) mass is 888 g/mol. The van der Waals surface area contributed by atoms with Gasteiger partial charge in [0.15, 0.2) is 0 Å². The molecule has 0 aromatic carbocycles. The molecule has 0 aliphatic heterocycles. The Balaban J connectivity index is -0.000000192. The Morgan fingerprint density at radius 3 is 0.170 bits per heavy atom. The molecule has 0 aromatic heterocycles. The number of nitriles is 24. The van der Waals surface area contributed by atoms with Gasteiger partial charge in [0.1, 0.15) is 0 Å². The molecule has 24 nitrogen and oxygen atoms in total. The maximum absolute atomic E-state index is 8.58. The quantitative estimate of drug-likeness (QED) is 0.283. The molecule has 0 fully saturated rings. The van der Waals surface area contributed by atoms with Crippen molar-refractivity contribution < 1.29 is 42.9 Å². The third kappa shape index (κ3) is 6.02. The minimum atomic E-state index is -6.17. The van der Waals surface area contributed by atoms with E-state index < -0.39 is 42.9 Å². The Hall–Kier alpha value is -8.53. The van der Waals surface area contributed by atoms with Gasteiger partial charge in [-0.2, -0.15) is 0 Å². The molecule has 0 unspecified atom stereocenters. The van der Waals surface area contributed by atoms with Gasteiger partial charge in [0, 0.05) is 0 Å². The minimum absolute atomic E-state index is 0. The molecular weight excluding hydrogens is 887 g/mol. The van der Waals surface area contributed by atoms with Crippen LogP contribution in [0.15, 0.2) is 0 Å². The second-order valence-corrected chi connectivity index (χ2v) is 29.7. The summed E-state index contributed by atoms with van der Waals surface area (Å²) in [6.45, 7) is 0. The van der Waals surface area contributed by atoms with E-state index in [0.717, 1.165) is 119 Å². The molecule has 0 heterocycles. The molecule has 0 aromatic rings. The molecule has 250 valence electrons. The first-order valence-corrected chi connectivity index (χ1v) is 22.9. The Labute approximate surface area is 335 Å². The van der Waals surface area contributed by atoms with Gasteiger partial charge in [0.05, 0.1) is 0 Å².